The lowest BCUT2D eigenvalue weighted by Gasteiger charge is -2.22. The Morgan fingerprint density at radius 2 is 2.11 bits per heavy atom. The maximum absolute atomic E-state index is 10.6. The van der Waals surface area contributed by atoms with E-state index in [1.807, 2.05) is 19.1 Å². The van der Waals surface area contributed by atoms with Gasteiger partial charge in [-0.2, -0.15) is 0 Å². The van der Waals surface area contributed by atoms with Gasteiger partial charge in [-0.3, -0.25) is 0 Å². The third-order valence-electron chi connectivity index (χ3n) is 4.15. The van der Waals surface area contributed by atoms with E-state index in [1.165, 1.54) is 0 Å². The van der Waals surface area contributed by atoms with E-state index in [9.17, 15) is 5.11 Å². The van der Waals surface area contributed by atoms with Crippen molar-refractivity contribution in [2.75, 3.05) is 20.2 Å². The van der Waals surface area contributed by atoms with Crippen molar-refractivity contribution in [3.8, 4) is 5.75 Å². The Morgan fingerprint density at radius 3 is 2.70 bits per heavy atom. The van der Waals surface area contributed by atoms with Crippen LogP contribution in [0.5, 0.6) is 5.75 Å². The minimum Gasteiger partial charge on any atom is -0.496 e. The number of halogens is 1. The fraction of sp³-hybridized carbons (Fsp3) is 0.450. The first-order valence-electron chi connectivity index (χ1n) is 8.83. The summed E-state index contributed by atoms with van der Waals surface area (Å²) < 4.78 is 10.8. The van der Waals surface area contributed by atoms with Gasteiger partial charge in [-0.25, -0.2) is 4.99 Å². The highest BCUT2D eigenvalue weighted by molar-refractivity contribution is 14.0. The fourth-order valence-electron chi connectivity index (χ4n) is 2.69. The number of benzene rings is 1. The van der Waals surface area contributed by atoms with Gasteiger partial charge in [0.25, 0.3) is 0 Å². The molecule has 0 aliphatic carbocycles. The lowest BCUT2D eigenvalue weighted by molar-refractivity contribution is 0.0437. The van der Waals surface area contributed by atoms with E-state index < -0.39 is 5.60 Å². The van der Waals surface area contributed by atoms with Crippen molar-refractivity contribution >= 4 is 29.9 Å². The van der Waals surface area contributed by atoms with Gasteiger partial charge in [0.15, 0.2) is 5.96 Å². The van der Waals surface area contributed by atoms with Crippen molar-refractivity contribution in [2.24, 2.45) is 4.99 Å². The van der Waals surface area contributed by atoms with Crippen LogP contribution in [0, 0.1) is 6.92 Å². The van der Waals surface area contributed by atoms with Gasteiger partial charge in [-0.15, -0.1) is 24.0 Å². The van der Waals surface area contributed by atoms with E-state index in [1.54, 1.807) is 32.4 Å². The number of aliphatic imine (C=N–C) groups is 1. The van der Waals surface area contributed by atoms with Crippen molar-refractivity contribution in [3.05, 3.63) is 53.5 Å². The van der Waals surface area contributed by atoms with Crippen LogP contribution < -0.4 is 15.4 Å². The summed E-state index contributed by atoms with van der Waals surface area (Å²) >= 11 is 0. The minimum absolute atomic E-state index is 0. The van der Waals surface area contributed by atoms with Crippen LogP contribution in [0.4, 0.5) is 0 Å². The number of guanidine groups is 1. The molecule has 7 heteroatoms. The van der Waals surface area contributed by atoms with Crippen molar-refractivity contribution in [3.63, 3.8) is 0 Å². The number of hydrogen-bond donors (Lipinski definition) is 3. The predicted octanol–water partition coefficient (Wildman–Crippen LogP) is 3.74. The molecule has 2 unspecified atom stereocenters. The lowest BCUT2D eigenvalue weighted by atomic mass is 10.0. The van der Waals surface area contributed by atoms with Gasteiger partial charge >= 0.3 is 0 Å². The average molecular weight is 487 g/mol. The van der Waals surface area contributed by atoms with Gasteiger partial charge in [0.2, 0.25) is 0 Å². The standard InChI is InChI=1S/C20H29N3O3.HI/c1-6-21-19(22-13-20(4,24)18-8-7-11-26-18)23-15(3)16-12-14(2)9-10-17(16)25-5;/h7-12,15,24H,6,13H2,1-5H3,(H2,21,22,23);1H. The number of methoxy groups -OCH3 is 1. The summed E-state index contributed by atoms with van der Waals surface area (Å²) in [7, 11) is 1.67. The van der Waals surface area contributed by atoms with Gasteiger partial charge in [0.1, 0.15) is 17.1 Å². The summed E-state index contributed by atoms with van der Waals surface area (Å²) in [4.78, 5) is 4.53. The molecule has 2 rings (SSSR count). The highest BCUT2D eigenvalue weighted by Crippen LogP contribution is 2.26. The summed E-state index contributed by atoms with van der Waals surface area (Å²) in [5, 5.41) is 17.2. The first kappa shape index (κ1) is 23.3. The zero-order valence-electron chi connectivity index (χ0n) is 16.6. The van der Waals surface area contributed by atoms with Gasteiger partial charge in [0.05, 0.1) is 26.0 Å². The van der Waals surface area contributed by atoms with Crippen LogP contribution in [0.25, 0.3) is 0 Å². The zero-order chi connectivity index (χ0) is 19.2. The van der Waals surface area contributed by atoms with E-state index in [-0.39, 0.29) is 36.6 Å². The maximum Gasteiger partial charge on any atom is 0.191 e. The van der Waals surface area contributed by atoms with Crippen LogP contribution >= 0.6 is 24.0 Å². The molecule has 150 valence electrons. The highest BCUT2D eigenvalue weighted by Gasteiger charge is 2.26. The number of nitrogens with one attached hydrogen (secondary N) is 2. The summed E-state index contributed by atoms with van der Waals surface area (Å²) in [6.07, 6.45) is 1.54. The summed E-state index contributed by atoms with van der Waals surface area (Å²) in [6, 6.07) is 9.57. The topological polar surface area (TPSA) is 79.0 Å². The first-order chi connectivity index (χ1) is 12.4. The number of furan rings is 1. The van der Waals surface area contributed by atoms with E-state index >= 15 is 0 Å². The Kier molecular flexibility index (Phi) is 9.11. The van der Waals surface area contributed by atoms with Crippen molar-refractivity contribution in [1.29, 1.82) is 0 Å². The molecule has 0 amide bonds. The van der Waals surface area contributed by atoms with Crippen LogP contribution in [-0.4, -0.2) is 31.3 Å². The molecule has 1 aromatic carbocycles. The number of ether oxygens (including phenoxy) is 1. The van der Waals surface area contributed by atoms with Crippen LogP contribution in [0.2, 0.25) is 0 Å². The Bertz CT molecular complexity index is 730. The predicted molar refractivity (Wildman–Crippen MR) is 119 cm³/mol. The SMILES string of the molecule is CCNC(=NCC(C)(O)c1ccco1)NC(C)c1cc(C)ccc1OC.I. The largest absolute Gasteiger partial charge is 0.496 e. The molecule has 0 radical (unpaired) electrons. The van der Waals surface area contributed by atoms with Crippen molar-refractivity contribution in [2.45, 2.75) is 39.3 Å². The van der Waals surface area contributed by atoms with Crippen molar-refractivity contribution in [1.82, 2.24) is 10.6 Å². The molecular weight excluding hydrogens is 457 g/mol. The number of rotatable bonds is 7. The second kappa shape index (κ2) is 10.6. The molecule has 3 N–H and O–H groups in total. The smallest absolute Gasteiger partial charge is 0.191 e. The van der Waals surface area contributed by atoms with E-state index in [0.717, 1.165) is 16.9 Å². The zero-order valence-corrected chi connectivity index (χ0v) is 18.9. The Balaban J connectivity index is 0.00000364. The number of hydrogen-bond acceptors (Lipinski definition) is 4. The molecule has 0 aliphatic rings. The fourth-order valence-corrected chi connectivity index (χ4v) is 2.69. The molecule has 0 saturated heterocycles. The molecule has 0 aliphatic heterocycles. The molecule has 27 heavy (non-hydrogen) atoms. The quantitative estimate of drug-likeness (QED) is 0.315. The molecule has 0 saturated carbocycles. The van der Waals surface area contributed by atoms with E-state index in [4.69, 9.17) is 9.15 Å². The summed E-state index contributed by atoms with van der Waals surface area (Å²) in [6.45, 7) is 8.68. The Morgan fingerprint density at radius 1 is 1.37 bits per heavy atom. The van der Waals surface area contributed by atoms with Gasteiger partial charge in [-0.1, -0.05) is 17.7 Å². The van der Waals surface area contributed by atoms with Crippen LogP contribution in [-0.2, 0) is 5.60 Å². The third-order valence-corrected chi connectivity index (χ3v) is 4.15. The molecule has 0 fully saturated rings. The highest BCUT2D eigenvalue weighted by atomic mass is 127. The van der Waals surface area contributed by atoms with Crippen LogP contribution in [0.1, 0.15) is 43.7 Å². The van der Waals surface area contributed by atoms with Gasteiger partial charge in [0, 0.05) is 12.1 Å². The molecular formula is C20H30IN3O3. The summed E-state index contributed by atoms with van der Waals surface area (Å²) in [5.74, 6) is 1.94. The molecule has 2 aromatic rings. The maximum atomic E-state index is 10.6. The summed E-state index contributed by atoms with van der Waals surface area (Å²) in [5.41, 5.74) is 1.05. The lowest BCUT2D eigenvalue weighted by Crippen LogP contribution is -2.40. The molecule has 0 bridgehead atoms. The van der Waals surface area contributed by atoms with Gasteiger partial charge in [-0.05, 0) is 45.9 Å². The number of aliphatic hydroxyl groups is 1. The van der Waals surface area contributed by atoms with E-state index in [2.05, 4.69) is 35.5 Å². The Hall–Kier alpha value is -1.74. The molecule has 2 atom stereocenters. The van der Waals surface area contributed by atoms with Crippen molar-refractivity contribution < 1.29 is 14.3 Å². The average Bonchev–Trinajstić information content (AvgIpc) is 3.15. The second-order valence-corrected chi connectivity index (χ2v) is 6.56. The molecule has 1 heterocycles. The first-order valence-corrected chi connectivity index (χ1v) is 8.83. The molecule has 0 spiro atoms. The number of nitrogens with zero attached hydrogens (tertiary/aromatic N) is 1. The Labute approximate surface area is 178 Å². The normalized spacial score (nSPS) is 14.7. The van der Waals surface area contributed by atoms with E-state index in [0.29, 0.717) is 18.3 Å². The van der Waals surface area contributed by atoms with Crippen LogP contribution in [0.3, 0.4) is 0 Å². The third kappa shape index (κ3) is 6.42. The van der Waals surface area contributed by atoms with Gasteiger partial charge < -0.3 is 24.9 Å². The molecule has 1 aromatic heterocycles. The monoisotopic (exact) mass is 487 g/mol. The molecule has 6 nitrogen and oxygen atoms in total. The number of aryl methyl sites for hydroxylation is 1. The van der Waals surface area contributed by atoms with Crippen LogP contribution in [0.15, 0.2) is 46.0 Å². The minimum atomic E-state index is -1.17. The second-order valence-electron chi connectivity index (χ2n) is 6.56.